The maximum Gasteiger partial charge on any atom is 0.270 e. The van der Waals surface area contributed by atoms with Crippen molar-refractivity contribution in [2.75, 3.05) is 6.61 Å². The van der Waals surface area contributed by atoms with Crippen LogP contribution in [0.25, 0.3) is 0 Å². The van der Waals surface area contributed by atoms with Crippen LogP contribution in [0.5, 0.6) is 5.75 Å². The third-order valence-electron chi connectivity index (χ3n) is 6.58. The number of carbonyl (C=O) groups is 2. The van der Waals surface area contributed by atoms with Gasteiger partial charge in [0, 0.05) is 18.7 Å². The molecule has 3 fully saturated rings. The Kier molecular flexibility index (Phi) is 5.89. The summed E-state index contributed by atoms with van der Waals surface area (Å²) in [5.74, 6) is -1.03. The molecule has 0 aliphatic heterocycles. The number of aryl methyl sites for hydroxylation is 2. The normalized spacial score (nSPS) is 26.6. The number of halogens is 2. The first-order valence-corrected chi connectivity index (χ1v) is 10.9. The molecule has 5 rings (SSSR count). The van der Waals surface area contributed by atoms with E-state index in [9.17, 15) is 19.1 Å². The molecule has 0 unspecified atom stereocenters. The maximum atomic E-state index is 13.5. The van der Waals surface area contributed by atoms with E-state index in [4.69, 9.17) is 16.3 Å². The smallest absolute Gasteiger partial charge is 0.270 e. The molecule has 172 valence electrons. The lowest BCUT2D eigenvalue weighted by Gasteiger charge is -2.56. The highest BCUT2D eigenvalue weighted by Gasteiger charge is 2.55. The molecule has 3 aliphatic carbocycles. The topological polar surface area (TPSA) is 105 Å². The van der Waals surface area contributed by atoms with E-state index in [1.807, 2.05) is 6.92 Å². The van der Waals surface area contributed by atoms with Gasteiger partial charge < -0.3 is 20.5 Å². The fourth-order valence-electron chi connectivity index (χ4n) is 4.82. The van der Waals surface area contributed by atoms with E-state index in [1.165, 1.54) is 16.8 Å². The summed E-state index contributed by atoms with van der Waals surface area (Å²) in [6, 6.07) is 5.69. The second-order valence-electron chi connectivity index (χ2n) is 8.82. The van der Waals surface area contributed by atoms with E-state index < -0.39 is 23.0 Å². The molecule has 8 nitrogen and oxygen atoms in total. The van der Waals surface area contributed by atoms with E-state index in [2.05, 4.69) is 15.7 Å². The van der Waals surface area contributed by atoms with Crippen LogP contribution in [0.2, 0.25) is 5.02 Å². The molecular weight excluding hydrogens is 439 g/mol. The number of nitrogens with one attached hydrogen (secondary N) is 2. The zero-order valence-corrected chi connectivity index (χ0v) is 18.7. The van der Waals surface area contributed by atoms with Gasteiger partial charge in [0.05, 0.1) is 22.4 Å². The van der Waals surface area contributed by atoms with Crippen molar-refractivity contribution < 1.29 is 23.8 Å². The quantitative estimate of drug-likeness (QED) is 0.608. The molecule has 3 aliphatic rings. The van der Waals surface area contributed by atoms with Crippen LogP contribution >= 0.6 is 11.6 Å². The molecule has 2 amide bonds. The number of hydrogen-bond donors (Lipinski definition) is 3. The number of rotatable bonds is 6. The Labute approximate surface area is 190 Å². The molecule has 0 spiro atoms. The van der Waals surface area contributed by atoms with Crippen LogP contribution < -0.4 is 15.4 Å². The first kappa shape index (κ1) is 22.5. The van der Waals surface area contributed by atoms with Crippen molar-refractivity contribution in [2.45, 2.75) is 56.2 Å². The van der Waals surface area contributed by atoms with Gasteiger partial charge in [-0.1, -0.05) is 11.6 Å². The molecule has 1 aromatic carbocycles. The predicted molar refractivity (Wildman–Crippen MR) is 115 cm³/mol. The van der Waals surface area contributed by atoms with Crippen LogP contribution in [0.3, 0.4) is 0 Å². The summed E-state index contributed by atoms with van der Waals surface area (Å²) in [4.78, 5) is 25.3. The van der Waals surface area contributed by atoms with Gasteiger partial charge in [0.2, 0.25) is 0 Å². The van der Waals surface area contributed by atoms with Crippen molar-refractivity contribution in [3.8, 4) is 5.75 Å². The van der Waals surface area contributed by atoms with Gasteiger partial charge in [0.1, 0.15) is 17.3 Å². The molecule has 3 N–H and O–H groups in total. The van der Waals surface area contributed by atoms with Gasteiger partial charge in [-0.2, -0.15) is 5.10 Å². The molecule has 1 aromatic heterocycles. The summed E-state index contributed by atoms with van der Waals surface area (Å²) in [7, 11) is 1.71. The Morgan fingerprint density at radius 2 is 2.00 bits per heavy atom. The second kappa shape index (κ2) is 8.37. The van der Waals surface area contributed by atoms with Gasteiger partial charge in [-0.3, -0.25) is 14.3 Å². The Morgan fingerprint density at radius 1 is 1.28 bits per heavy atom. The molecule has 1 heterocycles. The van der Waals surface area contributed by atoms with Gasteiger partial charge in [-0.25, -0.2) is 4.39 Å². The monoisotopic (exact) mass is 464 g/mol. The van der Waals surface area contributed by atoms with Gasteiger partial charge in [0.25, 0.3) is 11.8 Å². The van der Waals surface area contributed by atoms with E-state index >= 15 is 0 Å². The van der Waals surface area contributed by atoms with Gasteiger partial charge in [-0.05, 0) is 57.2 Å². The summed E-state index contributed by atoms with van der Waals surface area (Å²) in [6.07, 6.45) is 1.86. The summed E-state index contributed by atoms with van der Waals surface area (Å²) in [5, 5.41) is 21.1. The summed E-state index contributed by atoms with van der Waals surface area (Å²) < 4.78 is 20.4. The first-order chi connectivity index (χ1) is 15.1. The lowest BCUT2D eigenvalue weighted by molar-refractivity contribution is -0.129. The maximum absolute atomic E-state index is 13.5. The Balaban J connectivity index is 1.35. The highest BCUT2D eigenvalue weighted by molar-refractivity contribution is 6.30. The van der Waals surface area contributed by atoms with Gasteiger partial charge >= 0.3 is 0 Å². The van der Waals surface area contributed by atoms with Crippen molar-refractivity contribution in [3.05, 3.63) is 46.5 Å². The second-order valence-corrected chi connectivity index (χ2v) is 9.23. The van der Waals surface area contributed by atoms with E-state index in [0.29, 0.717) is 37.8 Å². The standard InChI is InChI=1S/C22H26ClFN4O4/c1-13-9-17(28(2)27-13)20(31)26-22-7-5-21(6-8-22,11-18(22)29)25-19(30)12-32-14-3-4-15(23)16(24)10-14/h3-4,9-10,18,29H,5-8,11-12H2,1-2H3,(H,25,30)(H,26,31)/t18-,21?,22?/m1/s1. The summed E-state index contributed by atoms with van der Waals surface area (Å²) in [5.41, 5.74) is -0.0939. The van der Waals surface area contributed by atoms with Crippen LogP contribution in [-0.4, -0.2) is 50.5 Å². The number of aromatic nitrogens is 2. The Morgan fingerprint density at radius 3 is 2.59 bits per heavy atom. The summed E-state index contributed by atoms with van der Waals surface area (Å²) in [6.45, 7) is 1.54. The number of ether oxygens (including phenoxy) is 1. The Hall–Kier alpha value is -2.65. The highest BCUT2D eigenvalue weighted by atomic mass is 35.5. The largest absolute Gasteiger partial charge is 0.484 e. The van der Waals surface area contributed by atoms with E-state index in [1.54, 1.807) is 13.1 Å². The minimum absolute atomic E-state index is 0.0202. The number of carbonyl (C=O) groups excluding carboxylic acids is 2. The number of fused-ring (bicyclic) bond motifs is 3. The molecule has 1 atom stereocenters. The lowest BCUT2D eigenvalue weighted by Crippen LogP contribution is -2.70. The number of aliphatic hydroxyl groups excluding tert-OH is 1. The van der Waals surface area contributed by atoms with Crippen LogP contribution in [-0.2, 0) is 11.8 Å². The molecule has 3 saturated carbocycles. The fourth-order valence-corrected chi connectivity index (χ4v) is 4.94. The number of benzene rings is 1. The minimum atomic E-state index is -0.796. The van der Waals surface area contributed by atoms with Crippen LogP contribution in [0.4, 0.5) is 4.39 Å². The molecular formula is C22H26ClFN4O4. The first-order valence-electron chi connectivity index (χ1n) is 10.5. The molecule has 0 saturated heterocycles. The predicted octanol–water partition coefficient (Wildman–Crippen LogP) is 2.26. The zero-order chi connectivity index (χ0) is 23.1. The molecule has 10 heteroatoms. The number of nitrogens with zero attached hydrogens (tertiary/aromatic N) is 2. The van der Waals surface area contributed by atoms with Gasteiger partial charge in [0.15, 0.2) is 6.61 Å². The van der Waals surface area contributed by atoms with Crippen molar-refractivity contribution in [1.82, 2.24) is 20.4 Å². The third kappa shape index (κ3) is 4.31. The number of hydrogen-bond acceptors (Lipinski definition) is 5. The highest BCUT2D eigenvalue weighted by Crippen LogP contribution is 2.47. The van der Waals surface area contributed by atoms with Crippen LogP contribution in [0.1, 0.15) is 48.3 Å². The number of amides is 2. The molecule has 2 bridgehead atoms. The van der Waals surface area contributed by atoms with Crippen molar-refractivity contribution in [2.24, 2.45) is 7.05 Å². The SMILES string of the molecule is Cc1cc(C(=O)NC23CCC(NC(=O)COc4ccc(Cl)c(F)c4)(CC2)C[C@H]3O)n(C)n1. The van der Waals surface area contributed by atoms with Gasteiger partial charge in [-0.15, -0.1) is 0 Å². The third-order valence-corrected chi connectivity index (χ3v) is 6.89. The Bertz CT molecular complexity index is 1050. The molecule has 32 heavy (non-hydrogen) atoms. The van der Waals surface area contributed by atoms with E-state index in [-0.39, 0.29) is 29.2 Å². The minimum Gasteiger partial charge on any atom is -0.484 e. The average molecular weight is 465 g/mol. The van der Waals surface area contributed by atoms with E-state index in [0.717, 1.165) is 11.8 Å². The van der Waals surface area contributed by atoms with Crippen molar-refractivity contribution in [3.63, 3.8) is 0 Å². The molecule has 0 radical (unpaired) electrons. The molecule has 2 aromatic rings. The van der Waals surface area contributed by atoms with Crippen molar-refractivity contribution >= 4 is 23.4 Å². The number of aliphatic hydroxyl groups is 1. The fraction of sp³-hybridized carbons (Fsp3) is 0.500. The van der Waals surface area contributed by atoms with Crippen LogP contribution in [0.15, 0.2) is 24.3 Å². The van der Waals surface area contributed by atoms with Crippen molar-refractivity contribution in [1.29, 1.82) is 0 Å². The average Bonchev–Trinajstić information content (AvgIpc) is 3.08. The van der Waals surface area contributed by atoms with Crippen LogP contribution in [0, 0.1) is 12.7 Å². The zero-order valence-electron chi connectivity index (χ0n) is 18.0. The lowest BCUT2D eigenvalue weighted by atomic mass is 9.60. The summed E-state index contributed by atoms with van der Waals surface area (Å²) >= 11 is 5.65.